The molecule has 5 nitrogen and oxygen atoms in total. The number of benzene rings is 2. The summed E-state index contributed by atoms with van der Waals surface area (Å²) in [7, 11) is 1.70. The van der Waals surface area contributed by atoms with Crippen LogP contribution in [0.5, 0.6) is 11.6 Å². The number of ether oxygens (including phenoxy) is 2. The summed E-state index contributed by atoms with van der Waals surface area (Å²) in [6, 6.07) is 21.2. The van der Waals surface area contributed by atoms with Crippen molar-refractivity contribution in [2.24, 2.45) is 0 Å². The fraction of sp³-hybridized carbons (Fsp3) is 0.370. The van der Waals surface area contributed by atoms with Crippen LogP contribution in [0, 0.1) is 0 Å². The standard InChI is InChI=1S/C27H31N3O2/c1-31-23-9-7-21(8-10-23)25-17-28-16-22-15-27(29-18-26(22)25)32-24-11-13-30(14-12-24)19-20-5-3-2-4-6-20/h2-10,15,18,24-25,28H,11-14,16-17,19H2,1H3. The largest absolute Gasteiger partial charge is 0.497 e. The zero-order chi connectivity index (χ0) is 21.8. The summed E-state index contributed by atoms with van der Waals surface area (Å²) < 4.78 is 11.6. The third kappa shape index (κ3) is 4.79. The normalized spacial score (nSPS) is 19.3. The Hall–Kier alpha value is -2.89. The van der Waals surface area contributed by atoms with E-state index in [-0.39, 0.29) is 6.10 Å². The molecular weight excluding hydrogens is 398 g/mol. The number of fused-ring (bicyclic) bond motifs is 1. The van der Waals surface area contributed by atoms with Crippen LogP contribution in [0.15, 0.2) is 66.9 Å². The molecule has 2 aromatic carbocycles. The first-order valence-electron chi connectivity index (χ1n) is 11.5. The number of hydrogen-bond acceptors (Lipinski definition) is 5. The van der Waals surface area contributed by atoms with Crippen LogP contribution in [-0.2, 0) is 13.1 Å². The summed E-state index contributed by atoms with van der Waals surface area (Å²) in [4.78, 5) is 7.21. The van der Waals surface area contributed by atoms with Gasteiger partial charge in [0.15, 0.2) is 0 Å². The van der Waals surface area contributed by atoms with Crippen molar-refractivity contribution < 1.29 is 9.47 Å². The molecule has 0 bridgehead atoms. The fourth-order valence-corrected chi connectivity index (χ4v) is 4.81. The Kier molecular flexibility index (Phi) is 6.37. The highest BCUT2D eigenvalue weighted by Crippen LogP contribution is 2.32. The maximum atomic E-state index is 6.31. The molecule has 1 fully saturated rings. The summed E-state index contributed by atoms with van der Waals surface area (Å²) >= 11 is 0. The van der Waals surface area contributed by atoms with Gasteiger partial charge in [0, 0.05) is 50.9 Å². The minimum atomic E-state index is 0.238. The lowest BCUT2D eigenvalue weighted by Crippen LogP contribution is -2.38. The fourth-order valence-electron chi connectivity index (χ4n) is 4.81. The Morgan fingerprint density at radius 1 is 1.03 bits per heavy atom. The Morgan fingerprint density at radius 2 is 1.81 bits per heavy atom. The van der Waals surface area contributed by atoms with Gasteiger partial charge in [0.05, 0.1) is 7.11 Å². The van der Waals surface area contributed by atoms with E-state index in [1.165, 1.54) is 22.3 Å². The minimum Gasteiger partial charge on any atom is -0.497 e. The number of rotatable bonds is 6. The van der Waals surface area contributed by atoms with Gasteiger partial charge >= 0.3 is 0 Å². The first-order valence-corrected chi connectivity index (χ1v) is 11.5. The number of methoxy groups -OCH3 is 1. The lowest BCUT2D eigenvalue weighted by Gasteiger charge is -2.32. The molecule has 3 aromatic rings. The smallest absolute Gasteiger partial charge is 0.213 e. The molecule has 1 aromatic heterocycles. The Bertz CT molecular complexity index is 1010. The van der Waals surface area contributed by atoms with Crippen LogP contribution >= 0.6 is 0 Å². The van der Waals surface area contributed by atoms with Gasteiger partial charge in [-0.05, 0) is 47.2 Å². The average molecular weight is 430 g/mol. The van der Waals surface area contributed by atoms with Gasteiger partial charge in [0.1, 0.15) is 11.9 Å². The molecule has 0 saturated carbocycles. The molecule has 0 amide bonds. The molecule has 1 unspecified atom stereocenters. The molecule has 5 heteroatoms. The highest BCUT2D eigenvalue weighted by molar-refractivity contribution is 5.42. The van der Waals surface area contributed by atoms with Crippen molar-refractivity contribution in [1.29, 1.82) is 0 Å². The molecule has 1 atom stereocenters. The molecule has 0 spiro atoms. The number of nitrogens with one attached hydrogen (secondary N) is 1. The van der Waals surface area contributed by atoms with Gasteiger partial charge < -0.3 is 14.8 Å². The first kappa shape index (κ1) is 21.0. The van der Waals surface area contributed by atoms with E-state index in [2.05, 4.69) is 58.7 Å². The van der Waals surface area contributed by atoms with Crippen LogP contribution in [0.1, 0.15) is 41.0 Å². The topological polar surface area (TPSA) is 46.6 Å². The highest BCUT2D eigenvalue weighted by Gasteiger charge is 2.25. The predicted octanol–water partition coefficient (Wildman–Crippen LogP) is 4.37. The number of piperidine rings is 1. The van der Waals surface area contributed by atoms with E-state index < -0.39 is 0 Å². The monoisotopic (exact) mass is 429 g/mol. The molecule has 0 radical (unpaired) electrons. The Labute approximate surface area is 190 Å². The number of nitrogens with zero attached hydrogens (tertiary/aromatic N) is 2. The number of pyridine rings is 1. The molecule has 32 heavy (non-hydrogen) atoms. The molecule has 2 aliphatic heterocycles. The second kappa shape index (κ2) is 9.72. The highest BCUT2D eigenvalue weighted by atomic mass is 16.5. The first-order chi connectivity index (χ1) is 15.8. The van der Waals surface area contributed by atoms with Crippen LogP contribution in [0.2, 0.25) is 0 Å². The van der Waals surface area contributed by atoms with Gasteiger partial charge in [-0.1, -0.05) is 42.5 Å². The maximum absolute atomic E-state index is 6.31. The van der Waals surface area contributed by atoms with E-state index in [9.17, 15) is 0 Å². The third-order valence-electron chi connectivity index (χ3n) is 6.63. The van der Waals surface area contributed by atoms with E-state index in [0.29, 0.717) is 5.92 Å². The molecule has 5 rings (SSSR count). The minimum absolute atomic E-state index is 0.238. The Morgan fingerprint density at radius 3 is 2.56 bits per heavy atom. The van der Waals surface area contributed by atoms with E-state index in [0.717, 1.165) is 57.2 Å². The third-order valence-corrected chi connectivity index (χ3v) is 6.63. The van der Waals surface area contributed by atoms with Crippen LogP contribution in [0.25, 0.3) is 0 Å². The van der Waals surface area contributed by atoms with Crippen molar-refractivity contribution in [3.8, 4) is 11.6 Å². The zero-order valence-electron chi connectivity index (χ0n) is 18.7. The average Bonchev–Trinajstić information content (AvgIpc) is 2.85. The maximum Gasteiger partial charge on any atom is 0.213 e. The van der Waals surface area contributed by atoms with Crippen LogP contribution in [0.3, 0.4) is 0 Å². The SMILES string of the molecule is COc1ccc(C2CNCc3cc(OC4CCN(Cc5ccccc5)CC4)ncc32)cc1. The summed E-state index contributed by atoms with van der Waals surface area (Å²) in [5.74, 6) is 1.93. The van der Waals surface area contributed by atoms with Gasteiger partial charge in [-0.25, -0.2) is 4.98 Å². The van der Waals surface area contributed by atoms with E-state index in [4.69, 9.17) is 14.5 Å². The van der Waals surface area contributed by atoms with Crippen molar-refractivity contribution in [3.63, 3.8) is 0 Å². The van der Waals surface area contributed by atoms with E-state index in [1.54, 1.807) is 7.11 Å². The quantitative estimate of drug-likeness (QED) is 0.631. The van der Waals surface area contributed by atoms with Crippen LogP contribution < -0.4 is 14.8 Å². The molecule has 2 aliphatic rings. The lowest BCUT2D eigenvalue weighted by molar-refractivity contribution is 0.0931. The molecular formula is C27H31N3O2. The van der Waals surface area contributed by atoms with Crippen molar-refractivity contribution >= 4 is 0 Å². The van der Waals surface area contributed by atoms with Crippen molar-refractivity contribution in [2.45, 2.75) is 38.0 Å². The van der Waals surface area contributed by atoms with E-state index >= 15 is 0 Å². The predicted molar refractivity (Wildman–Crippen MR) is 126 cm³/mol. The molecule has 0 aliphatic carbocycles. The van der Waals surface area contributed by atoms with Gasteiger partial charge in [-0.3, -0.25) is 4.90 Å². The second-order valence-electron chi connectivity index (χ2n) is 8.76. The van der Waals surface area contributed by atoms with Crippen LogP contribution in [-0.4, -0.2) is 42.7 Å². The van der Waals surface area contributed by atoms with Crippen molar-refractivity contribution in [2.75, 3.05) is 26.7 Å². The molecule has 1 N–H and O–H groups in total. The van der Waals surface area contributed by atoms with Gasteiger partial charge in [0.2, 0.25) is 5.88 Å². The lowest BCUT2D eigenvalue weighted by atomic mass is 9.87. The summed E-state index contributed by atoms with van der Waals surface area (Å²) in [6.45, 7) is 4.91. The molecule has 1 saturated heterocycles. The van der Waals surface area contributed by atoms with Crippen molar-refractivity contribution in [3.05, 3.63) is 89.1 Å². The summed E-state index contributed by atoms with van der Waals surface area (Å²) in [6.07, 6.45) is 4.34. The molecule has 3 heterocycles. The van der Waals surface area contributed by atoms with Crippen molar-refractivity contribution in [1.82, 2.24) is 15.2 Å². The van der Waals surface area contributed by atoms with Crippen LogP contribution in [0.4, 0.5) is 0 Å². The summed E-state index contributed by atoms with van der Waals surface area (Å²) in [5.41, 5.74) is 5.23. The van der Waals surface area contributed by atoms with E-state index in [1.807, 2.05) is 18.3 Å². The number of likely N-dealkylation sites (tertiary alicyclic amines) is 1. The Balaban J connectivity index is 1.21. The zero-order valence-corrected chi connectivity index (χ0v) is 18.7. The van der Waals surface area contributed by atoms with Gasteiger partial charge in [-0.2, -0.15) is 0 Å². The van der Waals surface area contributed by atoms with Gasteiger partial charge in [0.25, 0.3) is 0 Å². The second-order valence-corrected chi connectivity index (χ2v) is 8.76. The summed E-state index contributed by atoms with van der Waals surface area (Å²) in [5, 5.41) is 3.56. The number of hydrogen-bond donors (Lipinski definition) is 1. The molecule has 166 valence electrons. The van der Waals surface area contributed by atoms with Gasteiger partial charge in [-0.15, -0.1) is 0 Å². The number of aromatic nitrogens is 1.